The molecule has 2 aromatic carbocycles. The number of hydrazone groups is 1. The molecule has 6 heteroatoms. The van der Waals surface area contributed by atoms with E-state index in [0.717, 1.165) is 16.7 Å². The van der Waals surface area contributed by atoms with Gasteiger partial charge in [0.05, 0.1) is 12.6 Å². The van der Waals surface area contributed by atoms with Gasteiger partial charge >= 0.3 is 0 Å². The van der Waals surface area contributed by atoms with E-state index in [4.69, 9.17) is 27.6 Å². The van der Waals surface area contributed by atoms with Crippen LogP contribution in [0.5, 0.6) is 0 Å². The molecule has 0 aliphatic heterocycles. The van der Waals surface area contributed by atoms with Gasteiger partial charge in [0, 0.05) is 15.6 Å². The summed E-state index contributed by atoms with van der Waals surface area (Å²) in [7, 11) is 0. The first-order chi connectivity index (χ1) is 12.5. The molecule has 0 unspecified atom stereocenters. The van der Waals surface area contributed by atoms with Gasteiger partial charge in [-0.2, -0.15) is 5.10 Å². The van der Waals surface area contributed by atoms with Crippen molar-refractivity contribution in [2.24, 2.45) is 5.10 Å². The summed E-state index contributed by atoms with van der Waals surface area (Å²) in [6.45, 7) is 1.94. The Hall–Kier alpha value is -2.56. The highest BCUT2D eigenvalue weighted by Crippen LogP contribution is 2.26. The van der Waals surface area contributed by atoms with E-state index in [1.54, 1.807) is 30.3 Å². The molecule has 0 atom stereocenters. The van der Waals surface area contributed by atoms with E-state index in [9.17, 15) is 4.79 Å². The van der Waals surface area contributed by atoms with Crippen molar-refractivity contribution in [1.29, 1.82) is 0 Å². The number of aryl methyl sites for hydroxylation is 1. The lowest BCUT2D eigenvalue weighted by molar-refractivity contribution is -0.120. The third-order valence-electron chi connectivity index (χ3n) is 3.74. The zero-order chi connectivity index (χ0) is 18.5. The van der Waals surface area contributed by atoms with E-state index in [1.807, 2.05) is 31.2 Å². The van der Waals surface area contributed by atoms with E-state index >= 15 is 0 Å². The first kappa shape index (κ1) is 18.2. The number of carbonyl (C=O) groups excluding carboxylic acids is 1. The Morgan fingerprint density at radius 3 is 2.62 bits per heavy atom. The van der Waals surface area contributed by atoms with E-state index in [2.05, 4.69) is 10.5 Å². The van der Waals surface area contributed by atoms with Gasteiger partial charge in [-0.25, -0.2) is 5.43 Å². The second-order valence-electron chi connectivity index (χ2n) is 5.76. The summed E-state index contributed by atoms with van der Waals surface area (Å²) >= 11 is 12.0. The first-order valence-corrected chi connectivity index (χ1v) is 8.69. The number of benzene rings is 2. The lowest BCUT2D eigenvalue weighted by atomic mass is 10.1. The van der Waals surface area contributed by atoms with E-state index in [0.29, 0.717) is 21.6 Å². The van der Waals surface area contributed by atoms with Crippen LogP contribution in [-0.4, -0.2) is 12.1 Å². The van der Waals surface area contributed by atoms with Crippen molar-refractivity contribution in [3.05, 3.63) is 81.5 Å². The van der Waals surface area contributed by atoms with E-state index < -0.39 is 0 Å². The van der Waals surface area contributed by atoms with Gasteiger partial charge in [0.25, 0.3) is 0 Å². The van der Waals surface area contributed by atoms with Gasteiger partial charge in [-0.1, -0.05) is 47.5 Å². The summed E-state index contributed by atoms with van der Waals surface area (Å²) in [5.41, 5.74) is 5.22. The number of hydrogen-bond donors (Lipinski definition) is 1. The third kappa shape index (κ3) is 4.75. The summed E-state index contributed by atoms with van der Waals surface area (Å²) in [4.78, 5) is 11.9. The monoisotopic (exact) mass is 386 g/mol. The van der Waals surface area contributed by atoms with Gasteiger partial charge in [0.2, 0.25) is 5.91 Å². The molecule has 0 aliphatic rings. The molecule has 1 amide bonds. The zero-order valence-electron chi connectivity index (χ0n) is 14.0. The van der Waals surface area contributed by atoms with Gasteiger partial charge < -0.3 is 4.42 Å². The highest BCUT2D eigenvalue weighted by atomic mass is 35.5. The zero-order valence-corrected chi connectivity index (χ0v) is 15.5. The molecule has 1 N–H and O–H groups in total. The van der Waals surface area contributed by atoms with Crippen molar-refractivity contribution < 1.29 is 9.21 Å². The smallest absolute Gasteiger partial charge is 0.244 e. The minimum absolute atomic E-state index is 0.222. The quantitative estimate of drug-likeness (QED) is 0.480. The normalized spacial score (nSPS) is 11.0. The molecule has 1 heterocycles. The molecule has 0 radical (unpaired) electrons. The Morgan fingerprint density at radius 1 is 1.12 bits per heavy atom. The molecule has 4 nitrogen and oxygen atoms in total. The number of amides is 1. The number of nitrogens with zero attached hydrogens (tertiary/aromatic N) is 1. The number of halogens is 2. The van der Waals surface area contributed by atoms with Gasteiger partial charge in [-0.3, -0.25) is 4.79 Å². The van der Waals surface area contributed by atoms with Crippen LogP contribution in [0.25, 0.3) is 11.3 Å². The molecule has 1 aromatic heterocycles. The van der Waals surface area contributed by atoms with Crippen LogP contribution in [0.2, 0.25) is 10.0 Å². The maximum Gasteiger partial charge on any atom is 0.244 e. The predicted molar refractivity (Wildman–Crippen MR) is 105 cm³/mol. The van der Waals surface area contributed by atoms with Crippen LogP contribution < -0.4 is 5.43 Å². The summed E-state index contributed by atoms with van der Waals surface area (Å²) in [5, 5.41) is 5.24. The van der Waals surface area contributed by atoms with Gasteiger partial charge in [-0.05, 0) is 48.4 Å². The molecule has 3 rings (SSSR count). The Kier molecular flexibility index (Phi) is 5.76. The maximum absolute atomic E-state index is 11.9. The Labute approximate surface area is 161 Å². The molecular weight excluding hydrogens is 371 g/mol. The highest BCUT2D eigenvalue weighted by Gasteiger charge is 2.06. The van der Waals surface area contributed by atoms with Crippen molar-refractivity contribution in [1.82, 2.24) is 5.43 Å². The highest BCUT2D eigenvalue weighted by molar-refractivity contribution is 6.31. The second kappa shape index (κ2) is 8.21. The van der Waals surface area contributed by atoms with Crippen LogP contribution in [0, 0.1) is 6.92 Å². The van der Waals surface area contributed by atoms with Crippen LogP contribution in [-0.2, 0) is 11.2 Å². The van der Waals surface area contributed by atoms with Crippen LogP contribution in [0.4, 0.5) is 0 Å². The molecule has 0 saturated carbocycles. The largest absolute Gasteiger partial charge is 0.455 e. The number of nitrogens with one attached hydrogen (secondary N) is 1. The maximum atomic E-state index is 11.9. The third-order valence-corrected chi connectivity index (χ3v) is 4.40. The molecule has 3 aromatic rings. The second-order valence-corrected chi connectivity index (χ2v) is 6.61. The molecular formula is C20H16Cl2N2O2. The van der Waals surface area contributed by atoms with Gasteiger partial charge in [0.1, 0.15) is 11.5 Å². The fourth-order valence-electron chi connectivity index (χ4n) is 2.32. The molecule has 0 fully saturated rings. The van der Waals surface area contributed by atoms with Crippen LogP contribution in [0.3, 0.4) is 0 Å². The standard InChI is InChI=1S/C20H16Cl2N2O2/c1-13-2-5-15(11-18(13)22)19-9-8-17(26-19)12-23-24-20(25)10-14-3-6-16(21)7-4-14/h2-9,11-12H,10H2,1H3,(H,24,25)/b23-12-. The van der Waals surface area contributed by atoms with E-state index in [-0.39, 0.29) is 12.3 Å². The minimum Gasteiger partial charge on any atom is -0.455 e. The van der Waals surface area contributed by atoms with Gasteiger partial charge in [-0.15, -0.1) is 0 Å². The Morgan fingerprint density at radius 2 is 1.88 bits per heavy atom. The van der Waals surface area contributed by atoms with Crippen molar-refractivity contribution in [2.45, 2.75) is 13.3 Å². The predicted octanol–water partition coefficient (Wildman–Crippen LogP) is 5.25. The molecule has 0 bridgehead atoms. The van der Waals surface area contributed by atoms with Crippen molar-refractivity contribution in [2.75, 3.05) is 0 Å². The van der Waals surface area contributed by atoms with Gasteiger partial charge in [0.15, 0.2) is 0 Å². The molecule has 0 aliphatic carbocycles. The Bertz CT molecular complexity index is 947. The minimum atomic E-state index is -0.222. The Balaban J connectivity index is 1.59. The molecule has 0 saturated heterocycles. The number of rotatable bonds is 5. The van der Waals surface area contributed by atoms with Crippen LogP contribution in [0.15, 0.2) is 64.1 Å². The van der Waals surface area contributed by atoms with E-state index in [1.165, 1.54) is 6.21 Å². The lowest BCUT2D eigenvalue weighted by Gasteiger charge is -2.01. The summed E-state index contributed by atoms with van der Waals surface area (Å²) in [6.07, 6.45) is 1.68. The van der Waals surface area contributed by atoms with Crippen molar-refractivity contribution in [3.63, 3.8) is 0 Å². The van der Waals surface area contributed by atoms with Crippen molar-refractivity contribution in [3.8, 4) is 11.3 Å². The fraction of sp³-hybridized carbons (Fsp3) is 0.100. The number of carbonyl (C=O) groups is 1. The number of hydrogen-bond acceptors (Lipinski definition) is 3. The first-order valence-electron chi connectivity index (χ1n) is 7.94. The summed E-state index contributed by atoms with van der Waals surface area (Å²) in [5.74, 6) is 0.991. The topological polar surface area (TPSA) is 54.6 Å². The van der Waals surface area contributed by atoms with Crippen molar-refractivity contribution >= 4 is 35.3 Å². The SMILES string of the molecule is Cc1ccc(-c2ccc(/C=N\NC(=O)Cc3ccc(Cl)cc3)o2)cc1Cl. The lowest BCUT2D eigenvalue weighted by Crippen LogP contribution is -2.19. The average molecular weight is 387 g/mol. The average Bonchev–Trinajstić information content (AvgIpc) is 3.08. The molecule has 26 heavy (non-hydrogen) atoms. The summed E-state index contributed by atoms with van der Waals surface area (Å²) in [6, 6.07) is 16.4. The molecule has 132 valence electrons. The van der Waals surface area contributed by atoms with Crippen LogP contribution in [0.1, 0.15) is 16.9 Å². The number of furan rings is 1. The van der Waals surface area contributed by atoms with Crippen LogP contribution >= 0.6 is 23.2 Å². The fourth-order valence-corrected chi connectivity index (χ4v) is 2.63. The summed E-state index contributed by atoms with van der Waals surface area (Å²) < 4.78 is 5.70. The molecule has 0 spiro atoms.